The summed E-state index contributed by atoms with van der Waals surface area (Å²) in [4.78, 5) is 36.8. The average molecular weight is 326 g/mol. The third-order valence-electron chi connectivity index (χ3n) is 3.47. The highest BCUT2D eigenvalue weighted by atomic mass is 32.2. The second-order valence-electron chi connectivity index (χ2n) is 5.08. The van der Waals surface area contributed by atoms with Crippen LogP contribution in [0.25, 0.3) is 0 Å². The molecule has 0 bridgehead atoms. The van der Waals surface area contributed by atoms with Gasteiger partial charge in [-0.25, -0.2) is 4.79 Å². The minimum Gasteiger partial charge on any atom is -0.475 e. The number of hydrogen-bond donors (Lipinski definition) is 2. The van der Waals surface area contributed by atoms with Crippen molar-refractivity contribution >= 4 is 29.5 Å². The van der Waals surface area contributed by atoms with E-state index in [0.717, 1.165) is 6.42 Å². The van der Waals surface area contributed by atoms with Crippen molar-refractivity contribution < 1.29 is 23.9 Å². The van der Waals surface area contributed by atoms with Gasteiger partial charge in [-0.1, -0.05) is 6.92 Å². The largest absolute Gasteiger partial charge is 0.475 e. The number of thioether (sulfide) groups is 1. The molecule has 1 aromatic rings. The molecule has 0 spiro atoms. The average Bonchev–Trinajstić information content (AvgIpc) is 3.15. The van der Waals surface area contributed by atoms with Gasteiger partial charge in [-0.3, -0.25) is 9.59 Å². The summed E-state index contributed by atoms with van der Waals surface area (Å²) >= 11 is 1.48. The van der Waals surface area contributed by atoms with Crippen molar-refractivity contribution in [1.29, 1.82) is 0 Å². The van der Waals surface area contributed by atoms with E-state index < -0.39 is 17.9 Å². The van der Waals surface area contributed by atoms with E-state index in [9.17, 15) is 14.4 Å². The van der Waals surface area contributed by atoms with Gasteiger partial charge in [0.05, 0.1) is 5.88 Å². The number of rotatable bonds is 5. The van der Waals surface area contributed by atoms with Crippen LogP contribution in [0, 0.1) is 0 Å². The van der Waals surface area contributed by atoms with Crippen molar-refractivity contribution in [2.24, 2.45) is 0 Å². The zero-order valence-electron chi connectivity index (χ0n) is 12.4. The van der Waals surface area contributed by atoms with Crippen LogP contribution in [-0.2, 0) is 4.79 Å². The maximum absolute atomic E-state index is 12.4. The van der Waals surface area contributed by atoms with Crippen molar-refractivity contribution in [2.45, 2.75) is 32.4 Å². The van der Waals surface area contributed by atoms with E-state index in [1.54, 1.807) is 0 Å². The van der Waals surface area contributed by atoms with E-state index in [0.29, 0.717) is 11.6 Å². The van der Waals surface area contributed by atoms with Crippen molar-refractivity contribution in [3.63, 3.8) is 0 Å². The van der Waals surface area contributed by atoms with Crippen molar-refractivity contribution in [3.05, 3.63) is 23.7 Å². The minimum atomic E-state index is -1.24. The first kappa shape index (κ1) is 16.4. The number of nitrogens with zero attached hydrogens (tertiary/aromatic N) is 1. The molecular weight excluding hydrogens is 308 g/mol. The molecule has 2 heterocycles. The van der Waals surface area contributed by atoms with Gasteiger partial charge < -0.3 is 19.7 Å². The summed E-state index contributed by atoms with van der Waals surface area (Å²) in [7, 11) is 0. The molecule has 0 aromatic carbocycles. The lowest BCUT2D eigenvalue weighted by molar-refractivity contribution is -0.125. The van der Waals surface area contributed by atoms with Gasteiger partial charge >= 0.3 is 5.97 Å². The van der Waals surface area contributed by atoms with E-state index >= 15 is 0 Å². The summed E-state index contributed by atoms with van der Waals surface area (Å²) < 4.78 is 5.02. The molecule has 2 atom stereocenters. The number of carboxylic acids is 1. The Morgan fingerprint density at radius 2 is 2.14 bits per heavy atom. The summed E-state index contributed by atoms with van der Waals surface area (Å²) in [6.45, 7) is 3.87. The van der Waals surface area contributed by atoms with Crippen molar-refractivity contribution in [1.82, 2.24) is 10.2 Å². The zero-order valence-corrected chi connectivity index (χ0v) is 13.2. The fourth-order valence-corrected chi connectivity index (χ4v) is 3.16. The standard InChI is InChI=1S/C14H18N2O5S/c1-3-8(2)15-12(17)9-6-22-7-16(9)13(18)10-4-5-11(21-10)14(19)20/h4-5,8-9H,3,6-7H2,1-2H3,(H,15,17)(H,19,20). The smallest absolute Gasteiger partial charge is 0.371 e. The topological polar surface area (TPSA) is 99.9 Å². The van der Waals surface area contributed by atoms with Crippen LogP contribution in [0.4, 0.5) is 0 Å². The molecular formula is C14H18N2O5S. The Hall–Kier alpha value is -1.96. The molecule has 0 saturated carbocycles. The molecule has 1 fully saturated rings. The molecule has 22 heavy (non-hydrogen) atoms. The summed E-state index contributed by atoms with van der Waals surface area (Å²) in [6, 6.07) is 2.02. The molecule has 8 heteroatoms. The highest BCUT2D eigenvalue weighted by Crippen LogP contribution is 2.24. The summed E-state index contributed by atoms with van der Waals surface area (Å²) in [5.74, 6) is -1.38. The van der Waals surface area contributed by atoms with Crippen LogP contribution in [0.3, 0.4) is 0 Å². The molecule has 0 aliphatic carbocycles. The molecule has 2 amide bonds. The number of carboxylic acid groups (broad SMARTS) is 1. The van der Waals surface area contributed by atoms with E-state index in [-0.39, 0.29) is 23.5 Å². The van der Waals surface area contributed by atoms with E-state index in [2.05, 4.69) is 5.32 Å². The van der Waals surface area contributed by atoms with Crippen molar-refractivity contribution in [2.75, 3.05) is 11.6 Å². The maximum Gasteiger partial charge on any atom is 0.371 e. The number of furan rings is 1. The highest BCUT2D eigenvalue weighted by Gasteiger charge is 2.36. The van der Waals surface area contributed by atoms with Gasteiger partial charge in [0.1, 0.15) is 6.04 Å². The van der Waals surface area contributed by atoms with E-state index in [1.165, 1.54) is 28.8 Å². The van der Waals surface area contributed by atoms with Crippen LogP contribution in [0.2, 0.25) is 0 Å². The Balaban J connectivity index is 2.10. The summed E-state index contributed by atoms with van der Waals surface area (Å²) in [5, 5.41) is 11.7. The summed E-state index contributed by atoms with van der Waals surface area (Å²) in [6.07, 6.45) is 0.805. The van der Waals surface area contributed by atoms with Crippen LogP contribution in [-0.4, -0.2) is 51.5 Å². The SMILES string of the molecule is CCC(C)NC(=O)C1CSCN1C(=O)c1ccc(C(=O)O)o1. The zero-order chi connectivity index (χ0) is 16.3. The van der Waals surface area contributed by atoms with Gasteiger partial charge in [-0.15, -0.1) is 11.8 Å². The molecule has 2 rings (SSSR count). The molecule has 120 valence electrons. The van der Waals surface area contributed by atoms with Crippen molar-refractivity contribution in [3.8, 4) is 0 Å². The molecule has 1 aliphatic heterocycles. The number of aromatic carboxylic acids is 1. The lowest BCUT2D eigenvalue weighted by atomic mass is 10.2. The Morgan fingerprint density at radius 1 is 1.45 bits per heavy atom. The Morgan fingerprint density at radius 3 is 2.73 bits per heavy atom. The first-order valence-electron chi connectivity index (χ1n) is 6.96. The molecule has 2 unspecified atom stereocenters. The molecule has 1 aliphatic rings. The number of carbonyl (C=O) groups is 3. The van der Waals surface area contributed by atoms with Gasteiger partial charge in [-0.05, 0) is 25.5 Å². The molecule has 0 radical (unpaired) electrons. The first-order chi connectivity index (χ1) is 10.4. The van der Waals surface area contributed by atoms with Crippen LogP contribution in [0.5, 0.6) is 0 Å². The molecule has 1 saturated heterocycles. The highest BCUT2D eigenvalue weighted by molar-refractivity contribution is 7.99. The van der Waals surface area contributed by atoms with Gasteiger partial charge in [0.15, 0.2) is 5.76 Å². The van der Waals surface area contributed by atoms with Crippen LogP contribution in [0.15, 0.2) is 16.5 Å². The number of carbonyl (C=O) groups excluding carboxylic acids is 2. The molecule has 2 N–H and O–H groups in total. The van der Waals surface area contributed by atoms with Gasteiger partial charge in [0.2, 0.25) is 11.7 Å². The number of amides is 2. The van der Waals surface area contributed by atoms with Crippen LogP contribution in [0.1, 0.15) is 41.4 Å². The van der Waals surface area contributed by atoms with Gasteiger partial charge in [-0.2, -0.15) is 0 Å². The lowest BCUT2D eigenvalue weighted by Crippen LogP contribution is -2.49. The maximum atomic E-state index is 12.4. The fourth-order valence-electron chi connectivity index (χ4n) is 2.01. The monoisotopic (exact) mass is 326 g/mol. The number of hydrogen-bond acceptors (Lipinski definition) is 5. The normalized spacial score (nSPS) is 19.0. The predicted molar refractivity (Wildman–Crippen MR) is 80.8 cm³/mol. The van der Waals surface area contributed by atoms with Gasteiger partial charge in [0, 0.05) is 11.8 Å². The van der Waals surface area contributed by atoms with Crippen LogP contribution >= 0.6 is 11.8 Å². The third-order valence-corrected chi connectivity index (χ3v) is 4.49. The van der Waals surface area contributed by atoms with Crippen LogP contribution < -0.4 is 5.32 Å². The van der Waals surface area contributed by atoms with Gasteiger partial charge in [0.25, 0.3) is 5.91 Å². The number of nitrogens with one attached hydrogen (secondary N) is 1. The Labute approximate surface area is 132 Å². The quantitative estimate of drug-likeness (QED) is 0.848. The molecule has 7 nitrogen and oxygen atoms in total. The summed E-state index contributed by atoms with van der Waals surface area (Å²) in [5.41, 5.74) is 0. The van der Waals surface area contributed by atoms with E-state index in [1.807, 2.05) is 13.8 Å². The predicted octanol–water partition coefficient (Wildman–Crippen LogP) is 1.41. The first-order valence-corrected chi connectivity index (χ1v) is 8.11. The lowest BCUT2D eigenvalue weighted by Gasteiger charge is -2.23. The molecule has 1 aromatic heterocycles. The fraction of sp³-hybridized carbons (Fsp3) is 0.500. The minimum absolute atomic E-state index is 0.0391. The Kier molecular flexibility index (Phi) is 5.12. The van der Waals surface area contributed by atoms with E-state index in [4.69, 9.17) is 9.52 Å². The Bertz CT molecular complexity index is 586. The second-order valence-corrected chi connectivity index (χ2v) is 6.08. The third kappa shape index (κ3) is 3.44. The second kappa shape index (κ2) is 6.87.